The molecule has 138 valence electrons. The van der Waals surface area contributed by atoms with Crippen LogP contribution in [0.5, 0.6) is 11.5 Å². The fourth-order valence-electron chi connectivity index (χ4n) is 4.13. The third-order valence-corrected chi connectivity index (χ3v) is 5.41. The molecule has 2 atom stereocenters. The van der Waals surface area contributed by atoms with Crippen molar-refractivity contribution in [2.45, 2.75) is 38.6 Å². The van der Waals surface area contributed by atoms with Gasteiger partial charge < -0.3 is 19.3 Å². The number of carbonyl (C=O) groups is 1. The zero-order chi connectivity index (χ0) is 17.8. The van der Waals surface area contributed by atoms with E-state index in [9.17, 15) is 4.79 Å². The maximum Gasteiger partial charge on any atom is 0.257 e. The van der Waals surface area contributed by atoms with Crippen molar-refractivity contribution in [2.75, 3.05) is 40.4 Å². The Morgan fingerprint density at radius 2 is 2.12 bits per heavy atom. The normalized spacial score (nSPS) is 23.9. The van der Waals surface area contributed by atoms with Gasteiger partial charge in [-0.1, -0.05) is 6.92 Å². The molecule has 0 bridgehead atoms. The predicted molar refractivity (Wildman–Crippen MR) is 98.4 cm³/mol. The Hall–Kier alpha value is -1.75. The highest BCUT2D eigenvalue weighted by molar-refractivity contribution is 5.97. The summed E-state index contributed by atoms with van der Waals surface area (Å²) >= 11 is 0. The molecule has 0 aliphatic carbocycles. The molecular weight excluding hydrogens is 316 g/mol. The summed E-state index contributed by atoms with van der Waals surface area (Å²) in [7, 11) is 3.81. The number of ether oxygens (including phenoxy) is 2. The van der Waals surface area contributed by atoms with Crippen LogP contribution in [0, 0.1) is 5.92 Å². The van der Waals surface area contributed by atoms with E-state index in [0.29, 0.717) is 29.9 Å². The lowest BCUT2D eigenvalue weighted by Crippen LogP contribution is -2.55. The van der Waals surface area contributed by atoms with Gasteiger partial charge in [0.15, 0.2) is 0 Å². The zero-order valence-corrected chi connectivity index (χ0v) is 15.7. The predicted octanol–water partition coefficient (Wildman–Crippen LogP) is 3.04. The van der Waals surface area contributed by atoms with Crippen LogP contribution in [0.25, 0.3) is 0 Å². The topological polar surface area (TPSA) is 42.0 Å². The van der Waals surface area contributed by atoms with Gasteiger partial charge in [-0.3, -0.25) is 4.79 Å². The Balaban J connectivity index is 1.84. The number of hydrogen-bond acceptors (Lipinski definition) is 4. The van der Waals surface area contributed by atoms with Gasteiger partial charge in [-0.2, -0.15) is 0 Å². The van der Waals surface area contributed by atoms with Crippen LogP contribution < -0.4 is 9.47 Å². The second-order valence-corrected chi connectivity index (χ2v) is 7.23. The van der Waals surface area contributed by atoms with Crippen LogP contribution in [0.1, 0.15) is 43.0 Å². The first kappa shape index (κ1) is 18.1. The summed E-state index contributed by atoms with van der Waals surface area (Å²) in [4.78, 5) is 17.8. The number of nitrogens with zero attached hydrogens (tertiary/aromatic N) is 2. The van der Waals surface area contributed by atoms with Crippen molar-refractivity contribution in [3.05, 3.63) is 23.8 Å². The van der Waals surface area contributed by atoms with E-state index in [0.717, 1.165) is 44.6 Å². The van der Waals surface area contributed by atoms with Gasteiger partial charge in [-0.25, -0.2) is 0 Å². The third kappa shape index (κ3) is 3.92. The summed E-state index contributed by atoms with van der Waals surface area (Å²) in [5.74, 6) is 2.06. The summed E-state index contributed by atoms with van der Waals surface area (Å²) in [6.45, 7) is 5.67. The van der Waals surface area contributed by atoms with E-state index in [1.165, 1.54) is 6.42 Å². The molecule has 1 aromatic rings. The Morgan fingerprint density at radius 1 is 1.28 bits per heavy atom. The van der Waals surface area contributed by atoms with Crippen LogP contribution in [0.2, 0.25) is 0 Å². The van der Waals surface area contributed by atoms with Crippen molar-refractivity contribution in [2.24, 2.45) is 5.92 Å². The van der Waals surface area contributed by atoms with Gasteiger partial charge in [0.05, 0.1) is 19.3 Å². The van der Waals surface area contributed by atoms with E-state index in [4.69, 9.17) is 9.47 Å². The molecule has 5 heteroatoms. The highest BCUT2D eigenvalue weighted by Gasteiger charge is 2.38. The number of piperidine rings is 2. The molecular formula is C20H30N2O3. The van der Waals surface area contributed by atoms with Gasteiger partial charge in [0.25, 0.3) is 5.91 Å². The van der Waals surface area contributed by atoms with E-state index >= 15 is 0 Å². The number of carbonyl (C=O) groups excluding carboxylic acids is 1. The molecule has 2 heterocycles. The third-order valence-electron chi connectivity index (χ3n) is 5.41. The quantitative estimate of drug-likeness (QED) is 0.822. The largest absolute Gasteiger partial charge is 0.497 e. The van der Waals surface area contributed by atoms with Gasteiger partial charge in [-0.05, 0) is 57.3 Å². The number of likely N-dealkylation sites (tertiary alicyclic amines) is 2. The van der Waals surface area contributed by atoms with Crippen molar-refractivity contribution >= 4 is 5.91 Å². The average molecular weight is 346 g/mol. The molecule has 0 unspecified atom stereocenters. The standard InChI is InChI=1S/C20H30N2O3/c1-4-12-25-19-13-16(24-3)7-8-17(19)20(23)22-10-5-6-15-14-21(2)11-9-18(15)22/h7-8,13,15,18H,4-6,9-12,14H2,1-3H3/t15-,18+/m0/s1. The first-order valence-electron chi connectivity index (χ1n) is 9.44. The summed E-state index contributed by atoms with van der Waals surface area (Å²) in [5, 5.41) is 0. The van der Waals surface area contributed by atoms with E-state index in [1.54, 1.807) is 7.11 Å². The maximum absolute atomic E-state index is 13.3. The zero-order valence-electron chi connectivity index (χ0n) is 15.7. The van der Waals surface area contributed by atoms with Gasteiger partial charge in [0.2, 0.25) is 0 Å². The molecule has 2 saturated heterocycles. The lowest BCUT2D eigenvalue weighted by Gasteiger charge is -2.46. The molecule has 2 aliphatic heterocycles. The fraction of sp³-hybridized carbons (Fsp3) is 0.650. The second-order valence-electron chi connectivity index (χ2n) is 7.23. The Kier molecular flexibility index (Phi) is 5.84. The van der Waals surface area contributed by atoms with E-state index in [2.05, 4.69) is 23.8 Å². The smallest absolute Gasteiger partial charge is 0.257 e. The van der Waals surface area contributed by atoms with Crippen LogP contribution in [0.3, 0.4) is 0 Å². The minimum Gasteiger partial charge on any atom is -0.497 e. The molecule has 2 fully saturated rings. The highest BCUT2D eigenvalue weighted by atomic mass is 16.5. The SMILES string of the molecule is CCCOc1cc(OC)ccc1C(=O)N1CCC[C@H]2CN(C)CC[C@H]21. The van der Waals surface area contributed by atoms with Crippen LogP contribution in [0.4, 0.5) is 0 Å². The average Bonchev–Trinajstić information content (AvgIpc) is 2.64. The van der Waals surface area contributed by atoms with Crippen LogP contribution >= 0.6 is 0 Å². The number of hydrogen-bond donors (Lipinski definition) is 0. The van der Waals surface area contributed by atoms with E-state index in [1.807, 2.05) is 18.2 Å². The lowest BCUT2D eigenvalue weighted by molar-refractivity contribution is 0.0251. The Labute approximate surface area is 150 Å². The van der Waals surface area contributed by atoms with Gasteiger partial charge in [-0.15, -0.1) is 0 Å². The first-order valence-corrected chi connectivity index (χ1v) is 9.44. The summed E-state index contributed by atoms with van der Waals surface area (Å²) < 4.78 is 11.2. The van der Waals surface area contributed by atoms with Crippen molar-refractivity contribution in [3.8, 4) is 11.5 Å². The molecule has 0 N–H and O–H groups in total. The molecule has 2 aliphatic rings. The van der Waals surface area contributed by atoms with Crippen molar-refractivity contribution in [1.82, 2.24) is 9.80 Å². The highest BCUT2D eigenvalue weighted by Crippen LogP contribution is 2.33. The maximum atomic E-state index is 13.3. The summed E-state index contributed by atoms with van der Waals surface area (Å²) in [5.41, 5.74) is 0.661. The Bertz CT molecular complexity index is 605. The van der Waals surface area contributed by atoms with Crippen LogP contribution in [0.15, 0.2) is 18.2 Å². The minimum absolute atomic E-state index is 0.105. The molecule has 1 aromatic carbocycles. The number of methoxy groups -OCH3 is 1. The number of fused-ring (bicyclic) bond motifs is 1. The van der Waals surface area contributed by atoms with Crippen molar-refractivity contribution in [1.29, 1.82) is 0 Å². The van der Waals surface area contributed by atoms with Crippen LogP contribution in [-0.2, 0) is 0 Å². The molecule has 25 heavy (non-hydrogen) atoms. The molecule has 0 aromatic heterocycles. The molecule has 0 saturated carbocycles. The molecule has 1 amide bonds. The van der Waals surface area contributed by atoms with Crippen LogP contribution in [-0.4, -0.2) is 62.1 Å². The number of amides is 1. The molecule has 3 rings (SSSR count). The first-order chi connectivity index (χ1) is 12.1. The Morgan fingerprint density at radius 3 is 2.88 bits per heavy atom. The van der Waals surface area contributed by atoms with Crippen molar-refractivity contribution < 1.29 is 14.3 Å². The number of benzene rings is 1. The molecule has 5 nitrogen and oxygen atoms in total. The fourth-order valence-corrected chi connectivity index (χ4v) is 4.13. The van der Waals surface area contributed by atoms with Crippen molar-refractivity contribution in [3.63, 3.8) is 0 Å². The lowest BCUT2D eigenvalue weighted by atomic mass is 9.83. The molecule has 0 radical (unpaired) electrons. The monoisotopic (exact) mass is 346 g/mol. The van der Waals surface area contributed by atoms with Gasteiger partial charge in [0, 0.05) is 25.2 Å². The second kappa shape index (κ2) is 8.09. The summed E-state index contributed by atoms with van der Waals surface area (Å²) in [6.07, 6.45) is 4.28. The van der Waals surface area contributed by atoms with Gasteiger partial charge >= 0.3 is 0 Å². The van der Waals surface area contributed by atoms with Gasteiger partial charge in [0.1, 0.15) is 11.5 Å². The minimum atomic E-state index is 0.105. The van der Waals surface area contributed by atoms with E-state index < -0.39 is 0 Å². The number of rotatable bonds is 5. The molecule has 0 spiro atoms. The van der Waals surface area contributed by atoms with E-state index in [-0.39, 0.29) is 5.91 Å². The summed E-state index contributed by atoms with van der Waals surface area (Å²) in [6, 6.07) is 5.89.